The lowest BCUT2D eigenvalue weighted by atomic mass is 10.1. The molecule has 0 aliphatic heterocycles. The molecular weight excluding hydrogens is 363 g/mol. The molecular formula is C15H11ClF3N3O3. The van der Waals surface area contributed by atoms with E-state index in [1.807, 2.05) is 0 Å². The van der Waals surface area contributed by atoms with Crippen LogP contribution in [0.25, 0.3) is 0 Å². The first-order valence-corrected chi connectivity index (χ1v) is 7.15. The average molecular weight is 374 g/mol. The second-order valence-corrected chi connectivity index (χ2v) is 5.29. The minimum Gasteiger partial charge on any atom is -0.387 e. The zero-order valence-electron chi connectivity index (χ0n) is 12.6. The number of nitrogens with zero attached hydrogens (tertiary/aromatic N) is 1. The van der Waals surface area contributed by atoms with Crippen LogP contribution in [0, 0.1) is 10.1 Å². The quantitative estimate of drug-likeness (QED) is 0.607. The van der Waals surface area contributed by atoms with E-state index in [1.165, 1.54) is 25.2 Å². The molecule has 0 unspecified atom stereocenters. The molecule has 0 aliphatic carbocycles. The number of benzene rings is 2. The molecule has 132 valence electrons. The Labute approximate surface area is 144 Å². The van der Waals surface area contributed by atoms with E-state index in [9.17, 15) is 28.1 Å². The largest absolute Gasteiger partial charge is 0.417 e. The number of amides is 1. The van der Waals surface area contributed by atoms with Crippen molar-refractivity contribution >= 4 is 34.6 Å². The van der Waals surface area contributed by atoms with E-state index in [4.69, 9.17) is 11.6 Å². The molecule has 0 saturated heterocycles. The van der Waals surface area contributed by atoms with E-state index < -0.39 is 27.6 Å². The molecule has 0 spiro atoms. The van der Waals surface area contributed by atoms with Gasteiger partial charge in [-0.3, -0.25) is 14.9 Å². The Kier molecular flexibility index (Phi) is 5.17. The van der Waals surface area contributed by atoms with Crippen LogP contribution in [0.1, 0.15) is 15.9 Å². The second-order valence-electron chi connectivity index (χ2n) is 4.88. The molecule has 0 fully saturated rings. The summed E-state index contributed by atoms with van der Waals surface area (Å²) in [4.78, 5) is 22.5. The molecule has 25 heavy (non-hydrogen) atoms. The van der Waals surface area contributed by atoms with Crippen LogP contribution in [0.5, 0.6) is 0 Å². The Hall–Kier alpha value is -2.81. The Morgan fingerprint density at radius 3 is 2.44 bits per heavy atom. The van der Waals surface area contributed by atoms with E-state index >= 15 is 0 Å². The predicted octanol–water partition coefficient (Wildman–Crippen LogP) is 4.56. The zero-order chi connectivity index (χ0) is 18.8. The van der Waals surface area contributed by atoms with Crippen LogP contribution < -0.4 is 10.6 Å². The highest BCUT2D eigenvalue weighted by atomic mass is 35.5. The molecule has 1 amide bonds. The van der Waals surface area contributed by atoms with Crippen molar-refractivity contribution in [1.82, 2.24) is 0 Å². The number of non-ortho nitro benzene ring substituents is 1. The van der Waals surface area contributed by atoms with Gasteiger partial charge in [0.15, 0.2) is 0 Å². The Morgan fingerprint density at radius 1 is 1.20 bits per heavy atom. The fourth-order valence-electron chi connectivity index (χ4n) is 2.07. The van der Waals surface area contributed by atoms with Gasteiger partial charge in [0.2, 0.25) is 0 Å². The molecule has 0 bridgehead atoms. The van der Waals surface area contributed by atoms with Crippen molar-refractivity contribution < 1.29 is 22.9 Å². The van der Waals surface area contributed by atoms with Crippen LogP contribution in [-0.2, 0) is 6.18 Å². The number of hydrogen-bond donors (Lipinski definition) is 2. The number of nitro benzene ring substituents is 1. The molecule has 2 aromatic carbocycles. The van der Waals surface area contributed by atoms with Gasteiger partial charge in [0, 0.05) is 30.6 Å². The molecule has 10 heteroatoms. The fourth-order valence-corrected chi connectivity index (χ4v) is 2.30. The SMILES string of the molecule is CNc1ccc([N+](=O)[O-])cc1C(=O)Nc1ccc(Cl)c(C(F)(F)F)c1. The van der Waals surface area contributed by atoms with Gasteiger partial charge in [0.1, 0.15) is 0 Å². The number of carbonyl (C=O) groups excluding carboxylic acids is 1. The van der Waals surface area contributed by atoms with Crippen LogP contribution in [0.3, 0.4) is 0 Å². The van der Waals surface area contributed by atoms with Crippen LogP contribution in [0.2, 0.25) is 5.02 Å². The summed E-state index contributed by atoms with van der Waals surface area (Å²) in [7, 11) is 1.50. The van der Waals surface area contributed by atoms with Crippen LogP contribution in [0.15, 0.2) is 36.4 Å². The van der Waals surface area contributed by atoms with Crippen molar-refractivity contribution in [2.45, 2.75) is 6.18 Å². The van der Waals surface area contributed by atoms with Gasteiger partial charge in [-0.2, -0.15) is 13.2 Å². The molecule has 2 aromatic rings. The van der Waals surface area contributed by atoms with Crippen molar-refractivity contribution in [3.05, 3.63) is 62.7 Å². The third-order valence-corrected chi connectivity index (χ3v) is 3.59. The van der Waals surface area contributed by atoms with E-state index in [0.717, 1.165) is 12.1 Å². The summed E-state index contributed by atoms with van der Waals surface area (Å²) in [5.74, 6) is -0.802. The number of alkyl halides is 3. The van der Waals surface area contributed by atoms with Gasteiger partial charge in [-0.25, -0.2) is 0 Å². The standard InChI is InChI=1S/C15H11ClF3N3O3/c1-20-13-5-3-9(22(24)25)7-10(13)14(23)21-8-2-4-12(16)11(6-8)15(17,18)19/h2-7,20H,1H3,(H,21,23). The van der Waals surface area contributed by atoms with E-state index in [2.05, 4.69) is 10.6 Å². The Balaban J connectivity index is 2.37. The monoisotopic (exact) mass is 373 g/mol. The van der Waals surface area contributed by atoms with Crippen molar-refractivity contribution in [2.24, 2.45) is 0 Å². The first-order chi connectivity index (χ1) is 11.6. The minimum absolute atomic E-state index is 0.0831. The Bertz CT molecular complexity index is 841. The highest BCUT2D eigenvalue weighted by Crippen LogP contribution is 2.36. The minimum atomic E-state index is -4.68. The lowest BCUT2D eigenvalue weighted by molar-refractivity contribution is -0.384. The fraction of sp³-hybridized carbons (Fsp3) is 0.133. The second kappa shape index (κ2) is 6.98. The first kappa shape index (κ1) is 18.5. The van der Waals surface area contributed by atoms with Crippen molar-refractivity contribution in [3.8, 4) is 0 Å². The topological polar surface area (TPSA) is 84.3 Å². The van der Waals surface area contributed by atoms with E-state index in [-0.39, 0.29) is 22.6 Å². The maximum absolute atomic E-state index is 12.9. The van der Waals surface area contributed by atoms with E-state index in [1.54, 1.807) is 0 Å². The van der Waals surface area contributed by atoms with Gasteiger partial charge < -0.3 is 10.6 Å². The van der Waals surface area contributed by atoms with Gasteiger partial charge in [-0.05, 0) is 24.3 Å². The molecule has 0 aromatic heterocycles. The summed E-state index contributed by atoms with van der Waals surface area (Å²) >= 11 is 5.52. The number of hydrogen-bond acceptors (Lipinski definition) is 4. The number of carbonyl (C=O) groups is 1. The summed E-state index contributed by atoms with van der Waals surface area (Å²) in [5.41, 5.74) is -1.36. The molecule has 2 rings (SSSR count). The third kappa shape index (κ3) is 4.18. The molecule has 6 nitrogen and oxygen atoms in total. The molecule has 0 saturated carbocycles. The average Bonchev–Trinajstić information content (AvgIpc) is 2.54. The van der Waals surface area contributed by atoms with Crippen molar-refractivity contribution in [2.75, 3.05) is 17.7 Å². The van der Waals surface area contributed by atoms with Crippen molar-refractivity contribution in [3.63, 3.8) is 0 Å². The van der Waals surface area contributed by atoms with Gasteiger partial charge in [0.05, 0.1) is 21.1 Å². The maximum atomic E-state index is 12.9. The number of rotatable bonds is 4. The lowest BCUT2D eigenvalue weighted by Gasteiger charge is -2.13. The number of halogens is 4. The predicted molar refractivity (Wildman–Crippen MR) is 87.1 cm³/mol. The normalized spacial score (nSPS) is 11.1. The van der Waals surface area contributed by atoms with E-state index in [0.29, 0.717) is 6.07 Å². The summed E-state index contributed by atoms with van der Waals surface area (Å²) < 4.78 is 38.6. The summed E-state index contributed by atoms with van der Waals surface area (Å²) in [5, 5.41) is 15.3. The summed E-state index contributed by atoms with van der Waals surface area (Å²) in [6, 6.07) is 6.46. The van der Waals surface area contributed by atoms with Gasteiger partial charge in [0.25, 0.3) is 11.6 Å². The lowest BCUT2D eigenvalue weighted by Crippen LogP contribution is -2.15. The Morgan fingerprint density at radius 2 is 1.88 bits per heavy atom. The first-order valence-electron chi connectivity index (χ1n) is 6.77. The van der Waals surface area contributed by atoms with Crippen LogP contribution >= 0.6 is 11.6 Å². The summed E-state index contributed by atoms with van der Waals surface area (Å²) in [6.45, 7) is 0. The number of nitro groups is 1. The van der Waals surface area contributed by atoms with Gasteiger partial charge in [-0.1, -0.05) is 11.6 Å². The van der Waals surface area contributed by atoms with Gasteiger partial charge in [-0.15, -0.1) is 0 Å². The molecule has 2 N–H and O–H groups in total. The smallest absolute Gasteiger partial charge is 0.387 e. The van der Waals surface area contributed by atoms with Crippen LogP contribution in [0.4, 0.5) is 30.2 Å². The van der Waals surface area contributed by atoms with Gasteiger partial charge >= 0.3 is 6.18 Å². The maximum Gasteiger partial charge on any atom is 0.417 e. The molecule has 0 heterocycles. The molecule has 0 radical (unpaired) electrons. The third-order valence-electron chi connectivity index (χ3n) is 3.26. The highest BCUT2D eigenvalue weighted by Gasteiger charge is 2.33. The van der Waals surface area contributed by atoms with Crippen molar-refractivity contribution in [1.29, 1.82) is 0 Å². The molecule has 0 atom stereocenters. The zero-order valence-corrected chi connectivity index (χ0v) is 13.4. The highest BCUT2D eigenvalue weighted by molar-refractivity contribution is 6.31. The molecule has 0 aliphatic rings. The number of nitrogens with one attached hydrogen (secondary N) is 2. The number of anilines is 2. The summed E-state index contributed by atoms with van der Waals surface area (Å²) in [6.07, 6.45) is -4.68. The van der Waals surface area contributed by atoms with Crippen LogP contribution in [-0.4, -0.2) is 17.9 Å².